The monoisotopic (exact) mass is 146 g/mol. The lowest BCUT2D eigenvalue weighted by Crippen LogP contribution is -2.15. The molecule has 1 atom stereocenters. The average Bonchev–Trinajstić information content (AvgIpc) is 1.88. The van der Waals surface area contributed by atoms with Gasteiger partial charge in [0.05, 0.1) is 13.2 Å². The Labute approximate surface area is 61.3 Å². The summed E-state index contributed by atoms with van der Waals surface area (Å²) < 4.78 is 9.58. The molecule has 0 fully saturated rings. The van der Waals surface area contributed by atoms with Gasteiger partial charge in [-0.3, -0.25) is 0 Å². The summed E-state index contributed by atoms with van der Waals surface area (Å²) in [5.41, 5.74) is 0.608. The Balaban J connectivity index is 3.21. The molecule has 1 N–H and O–H groups in total. The molecule has 0 radical (unpaired) electrons. The topological polar surface area (TPSA) is 38.7 Å². The maximum absolute atomic E-state index is 8.98. The molecule has 0 rings (SSSR count). The Morgan fingerprint density at radius 2 is 2.20 bits per heavy atom. The molecule has 3 nitrogen and oxygen atoms in total. The number of aliphatic hydroxyl groups is 1. The molecule has 0 saturated carbocycles. The Morgan fingerprint density at radius 3 is 2.60 bits per heavy atom. The van der Waals surface area contributed by atoms with Gasteiger partial charge in [-0.2, -0.15) is 0 Å². The fraction of sp³-hybridized carbons (Fsp3) is 0.714. The van der Waals surface area contributed by atoms with Crippen LogP contribution in [0.5, 0.6) is 0 Å². The standard InChI is InChI=1S/C7H14O3/c1-6(2)7(8)10-5-4-9-3/h7-8H,1,4-5H2,2-3H3/t7-/m1/s1. The highest BCUT2D eigenvalue weighted by atomic mass is 16.6. The first-order chi connectivity index (χ1) is 4.68. The van der Waals surface area contributed by atoms with Crippen LogP contribution < -0.4 is 0 Å². The molecule has 0 unspecified atom stereocenters. The zero-order valence-electron chi connectivity index (χ0n) is 6.46. The van der Waals surface area contributed by atoms with Crippen molar-refractivity contribution in [2.45, 2.75) is 13.2 Å². The van der Waals surface area contributed by atoms with Crippen LogP contribution in [-0.4, -0.2) is 31.7 Å². The Bertz CT molecular complexity index is 101. The van der Waals surface area contributed by atoms with Crippen LogP contribution in [0, 0.1) is 0 Å². The van der Waals surface area contributed by atoms with Crippen molar-refractivity contribution >= 4 is 0 Å². The quantitative estimate of drug-likeness (QED) is 0.349. The van der Waals surface area contributed by atoms with E-state index < -0.39 is 6.29 Å². The van der Waals surface area contributed by atoms with E-state index in [0.29, 0.717) is 18.8 Å². The summed E-state index contributed by atoms with van der Waals surface area (Å²) in [5.74, 6) is 0. The third kappa shape index (κ3) is 4.49. The summed E-state index contributed by atoms with van der Waals surface area (Å²) in [4.78, 5) is 0. The van der Waals surface area contributed by atoms with Gasteiger partial charge in [0, 0.05) is 7.11 Å². The van der Waals surface area contributed by atoms with E-state index in [2.05, 4.69) is 6.58 Å². The first kappa shape index (κ1) is 9.62. The molecule has 0 aliphatic heterocycles. The molecule has 3 heteroatoms. The molecule has 0 saturated heterocycles. The molecule has 0 bridgehead atoms. The van der Waals surface area contributed by atoms with Gasteiger partial charge in [0.15, 0.2) is 6.29 Å². The Kier molecular flexibility index (Phi) is 5.20. The highest BCUT2D eigenvalue weighted by Gasteiger charge is 2.01. The summed E-state index contributed by atoms with van der Waals surface area (Å²) in [7, 11) is 1.58. The fourth-order valence-electron chi connectivity index (χ4n) is 0.385. The van der Waals surface area contributed by atoms with Gasteiger partial charge in [-0.15, -0.1) is 0 Å². The van der Waals surface area contributed by atoms with Gasteiger partial charge in [0.25, 0.3) is 0 Å². The zero-order valence-corrected chi connectivity index (χ0v) is 6.46. The van der Waals surface area contributed by atoms with Crippen LogP contribution in [0.3, 0.4) is 0 Å². The minimum absolute atomic E-state index is 0.393. The number of ether oxygens (including phenoxy) is 2. The predicted molar refractivity (Wildman–Crippen MR) is 38.6 cm³/mol. The summed E-state index contributed by atoms with van der Waals surface area (Å²) in [5, 5.41) is 8.98. The average molecular weight is 146 g/mol. The second-order valence-electron chi connectivity index (χ2n) is 2.06. The van der Waals surface area contributed by atoms with Crippen LogP contribution >= 0.6 is 0 Å². The third-order valence-electron chi connectivity index (χ3n) is 0.985. The van der Waals surface area contributed by atoms with E-state index in [1.54, 1.807) is 14.0 Å². The summed E-state index contributed by atoms with van der Waals surface area (Å²) in [6.07, 6.45) is -0.852. The Hall–Kier alpha value is -0.380. The van der Waals surface area contributed by atoms with Gasteiger partial charge in [0.1, 0.15) is 0 Å². The smallest absolute Gasteiger partial charge is 0.176 e. The van der Waals surface area contributed by atoms with Crippen LogP contribution in [0.25, 0.3) is 0 Å². The van der Waals surface area contributed by atoms with Crippen LogP contribution in [0.2, 0.25) is 0 Å². The maximum Gasteiger partial charge on any atom is 0.176 e. The van der Waals surface area contributed by atoms with Crippen molar-refractivity contribution in [3.8, 4) is 0 Å². The minimum atomic E-state index is -0.852. The normalized spacial score (nSPS) is 13.1. The number of hydrogen-bond acceptors (Lipinski definition) is 3. The minimum Gasteiger partial charge on any atom is -0.382 e. The van der Waals surface area contributed by atoms with Gasteiger partial charge in [-0.25, -0.2) is 0 Å². The zero-order chi connectivity index (χ0) is 7.98. The van der Waals surface area contributed by atoms with Crippen molar-refractivity contribution in [3.05, 3.63) is 12.2 Å². The lowest BCUT2D eigenvalue weighted by atomic mass is 10.3. The van der Waals surface area contributed by atoms with Crippen molar-refractivity contribution < 1.29 is 14.6 Å². The van der Waals surface area contributed by atoms with E-state index in [1.165, 1.54) is 0 Å². The number of aliphatic hydroxyl groups excluding tert-OH is 1. The van der Waals surface area contributed by atoms with Crippen LogP contribution in [0.4, 0.5) is 0 Å². The molecule has 0 aliphatic rings. The van der Waals surface area contributed by atoms with Gasteiger partial charge in [-0.1, -0.05) is 6.58 Å². The predicted octanol–water partition coefficient (Wildman–Crippen LogP) is 0.544. The lowest BCUT2D eigenvalue weighted by Gasteiger charge is -2.10. The van der Waals surface area contributed by atoms with Crippen LogP contribution in [0.15, 0.2) is 12.2 Å². The van der Waals surface area contributed by atoms with Gasteiger partial charge < -0.3 is 14.6 Å². The first-order valence-electron chi connectivity index (χ1n) is 3.12. The van der Waals surface area contributed by atoms with Crippen molar-refractivity contribution in [3.63, 3.8) is 0 Å². The first-order valence-corrected chi connectivity index (χ1v) is 3.12. The lowest BCUT2D eigenvalue weighted by molar-refractivity contribution is -0.0841. The second kappa shape index (κ2) is 5.41. The van der Waals surface area contributed by atoms with Crippen LogP contribution in [0.1, 0.15) is 6.92 Å². The Morgan fingerprint density at radius 1 is 1.60 bits per heavy atom. The third-order valence-corrected chi connectivity index (χ3v) is 0.985. The van der Waals surface area contributed by atoms with E-state index in [1.807, 2.05) is 0 Å². The van der Waals surface area contributed by atoms with Crippen molar-refractivity contribution in [1.29, 1.82) is 0 Å². The van der Waals surface area contributed by atoms with E-state index in [9.17, 15) is 0 Å². The molecule has 0 aromatic heterocycles. The van der Waals surface area contributed by atoms with Crippen molar-refractivity contribution in [2.24, 2.45) is 0 Å². The number of rotatable bonds is 5. The molecule has 10 heavy (non-hydrogen) atoms. The van der Waals surface area contributed by atoms with E-state index in [0.717, 1.165) is 0 Å². The molecule has 0 aromatic carbocycles. The van der Waals surface area contributed by atoms with E-state index in [4.69, 9.17) is 14.6 Å². The molecule has 0 aliphatic carbocycles. The van der Waals surface area contributed by atoms with E-state index in [-0.39, 0.29) is 0 Å². The SMILES string of the molecule is C=C(C)[C@H](O)OCCOC. The van der Waals surface area contributed by atoms with Crippen molar-refractivity contribution in [2.75, 3.05) is 20.3 Å². The molecular formula is C7H14O3. The summed E-state index contributed by atoms with van der Waals surface area (Å²) >= 11 is 0. The molecule has 0 amide bonds. The van der Waals surface area contributed by atoms with Gasteiger partial charge >= 0.3 is 0 Å². The van der Waals surface area contributed by atoms with Crippen LogP contribution in [-0.2, 0) is 9.47 Å². The van der Waals surface area contributed by atoms with E-state index >= 15 is 0 Å². The second-order valence-corrected chi connectivity index (χ2v) is 2.06. The fourth-order valence-corrected chi connectivity index (χ4v) is 0.385. The number of hydrogen-bond donors (Lipinski definition) is 1. The molecule has 60 valence electrons. The molecule has 0 aromatic rings. The molecule has 0 heterocycles. The van der Waals surface area contributed by atoms with Crippen molar-refractivity contribution in [1.82, 2.24) is 0 Å². The van der Waals surface area contributed by atoms with Gasteiger partial charge in [-0.05, 0) is 12.5 Å². The molecule has 0 spiro atoms. The highest BCUT2D eigenvalue weighted by molar-refractivity contribution is 4.91. The highest BCUT2D eigenvalue weighted by Crippen LogP contribution is 1.97. The van der Waals surface area contributed by atoms with Gasteiger partial charge in [0.2, 0.25) is 0 Å². The largest absolute Gasteiger partial charge is 0.382 e. The summed E-state index contributed by atoms with van der Waals surface area (Å²) in [6, 6.07) is 0. The number of methoxy groups -OCH3 is 1. The maximum atomic E-state index is 8.98. The summed E-state index contributed by atoms with van der Waals surface area (Å²) in [6.45, 7) is 6.11. The molecular weight excluding hydrogens is 132 g/mol.